The summed E-state index contributed by atoms with van der Waals surface area (Å²) < 4.78 is 26.3. The van der Waals surface area contributed by atoms with E-state index in [0.29, 0.717) is 0 Å². The molecule has 0 aliphatic heterocycles. The summed E-state index contributed by atoms with van der Waals surface area (Å²) in [6.07, 6.45) is 0. The third-order valence-corrected chi connectivity index (χ3v) is 2.83. The molecule has 0 N–H and O–H groups in total. The van der Waals surface area contributed by atoms with Crippen molar-refractivity contribution in [1.29, 1.82) is 0 Å². The van der Waals surface area contributed by atoms with Crippen molar-refractivity contribution < 1.29 is 22.9 Å². The Morgan fingerprint density at radius 2 is 2.12 bits per heavy atom. The zero-order valence-corrected chi connectivity index (χ0v) is 9.86. The third-order valence-electron chi connectivity index (χ3n) is 1.65. The van der Waals surface area contributed by atoms with Gasteiger partial charge in [-0.2, -0.15) is 0 Å². The molecule has 0 saturated heterocycles. The van der Waals surface area contributed by atoms with Gasteiger partial charge in [-0.15, -0.1) is 0 Å². The van der Waals surface area contributed by atoms with Crippen LogP contribution in [0, 0.1) is 10.1 Å². The summed E-state index contributed by atoms with van der Waals surface area (Å²) in [4.78, 5) is 23.9. The number of nitrogens with zero attached hydrogens (tertiary/aromatic N) is 2. The van der Waals surface area contributed by atoms with Crippen molar-refractivity contribution in [1.82, 2.24) is 4.98 Å². The molecule has 0 aromatic carbocycles. The largest absolute Gasteiger partial charge is 0.465 e. The molecule has 0 atom stereocenters. The summed E-state index contributed by atoms with van der Waals surface area (Å²) in [5.41, 5.74) is -0.326. The minimum Gasteiger partial charge on any atom is -0.465 e. The highest BCUT2D eigenvalue weighted by Crippen LogP contribution is 2.19. The minimum atomic E-state index is -4.27. The molecule has 8 nitrogen and oxygen atoms in total. The van der Waals surface area contributed by atoms with Crippen LogP contribution in [0.1, 0.15) is 10.4 Å². The normalized spacial score (nSPS) is 10.9. The standard InChI is InChI=1S/C7H5ClN2O6S/c1-16-7(11)4-2-5(10(12)13)9-6(3-4)17(8,14)15/h2-3H,1H3. The lowest BCUT2D eigenvalue weighted by Crippen LogP contribution is -2.07. The Hall–Kier alpha value is -1.74. The van der Waals surface area contributed by atoms with E-state index in [-0.39, 0.29) is 5.56 Å². The molecule has 0 radical (unpaired) electrons. The second kappa shape index (κ2) is 4.63. The highest BCUT2D eigenvalue weighted by molar-refractivity contribution is 8.13. The minimum absolute atomic E-state index is 0.326. The Bertz CT molecular complexity index is 584. The number of pyridine rings is 1. The quantitative estimate of drug-likeness (QED) is 0.346. The van der Waals surface area contributed by atoms with Crippen LogP contribution in [0.25, 0.3) is 0 Å². The van der Waals surface area contributed by atoms with E-state index in [2.05, 4.69) is 9.72 Å². The van der Waals surface area contributed by atoms with Crippen molar-refractivity contribution in [3.8, 4) is 0 Å². The molecule has 0 bridgehead atoms. The van der Waals surface area contributed by atoms with E-state index in [4.69, 9.17) is 10.7 Å². The molecule has 1 heterocycles. The third kappa shape index (κ3) is 3.11. The van der Waals surface area contributed by atoms with Crippen LogP contribution in [0.4, 0.5) is 5.82 Å². The lowest BCUT2D eigenvalue weighted by molar-refractivity contribution is -0.390. The second-order valence-electron chi connectivity index (χ2n) is 2.74. The summed E-state index contributed by atoms with van der Waals surface area (Å²) in [7, 11) is 1.76. The molecule has 0 saturated carbocycles. The van der Waals surface area contributed by atoms with Gasteiger partial charge in [0.1, 0.15) is 0 Å². The topological polar surface area (TPSA) is 116 Å². The van der Waals surface area contributed by atoms with Crippen molar-refractivity contribution >= 4 is 31.5 Å². The molecule has 92 valence electrons. The number of esters is 1. The molecule has 1 aromatic rings. The SMILES string of the molecule is COC(=O)c1cc([N+](=O)[O-])nc(S(=O)(=O)Cl)c1. The van der Waals surface area contributed by atoms with Crippen LogP contribution in [0.2, 0.25) is 0 Å². The maximum absolute atomic E-state index is 11.2. The van der Waals surface area contributed by atoms with E-state index in [9.17, 15) is 23.3 Å². The van der Waals surface area contributed by atoms with Crippen LogP contribution in [0.3, 0.4) is 0 Å². The van der Waals surface area contributed by atoms with Gasteiger partial charge in [0.15, 0.2) is 0 Å². The average molecular weight is 281 g/mol. The maximum Gasteiger partial charge on any atom is 0.365 e. The Labute approximate surface area is 99.7 Å². The van der Waals surface area contributed by atoms with E-state index in [1.807, 2.05) is 0 Å². The average Bonchev–Trinajstić information content (AvgIpc) is 2.26. The Morgan fingerprint density at radius 1 is 1.53 bits per heavy atom. The number of aromatic nitrogens is 1. The first-order valence-corrected chi connectivity index (χ1v) is 6.26. The van der Waals surface area contributed by atoms with E-state index in [0.717, 1.165) is 19.2 Å². The van der Waals surface area contributed by atoms with Crippen molar-refractivity contribution in [2.75, 3.05) is 7.11 Å². The molecule has 17 heavy (non-hydrogen) atoms. The van der Waals surface area contributed by atoms with Crippen LogP contribution in [-0.4, -0.2) is 31.4 Å². The first-order chi connectivity index (χ1) is 7.75. The van der Waals surface area contributed by atoms with Gasteiger partial charge in [0, 0.05) is 16.7 Å². The second-order valence-corrected chi connectivity index (χ2v) is 5.25. The van der Waals surface area contributed by atoms with Crippen LogP contribution < -0.4 is 0 Å². The van der Waals surface area contributed by atoms with Crippen molar-refractivity contribution in [3.05, 3.63) is 27.8 Å². The number of halogens is 1. The predicted octanol–water partition coefficient (Wildman–Crippen LogP) is 0.704. The van der Waals surface area contributed by atoms with Gasteiger partial charge in [0.05, 0.1) is 18.7 Å². The fourth-order valence-electron chi connectivity index (χ4n) is 0.945. The zero-order valence-electron chi connectivity index (χ0n) is 8.28. The van der Waals surface area contributed by atoms with Gasteiger partial charge in [-0.1, -0.05) is 0 Å². The summed E-state index contributed by atoms with van der Waals surface area (Å²) >= 11 is 0. The Kier molecular flexibility index (Phi) is 3.63. The monoisotopic (exact) mass is 280 g/mol. The van der Waals surface area contributed by atoms with Crippen LogP contribution in [-0.2, 0) is 13.8 Å². The lowest BCUT2D eigenvalue weighted by Gasteiger charge is -1.99. The van der Waals surface area contributed by atoms with Gasteiger partial charge in [0.2, 0.25) is 0 Å². The molecule has 0 amide bonds. The molecule has 1 aromatic heterocycles. The van der Waals surface area contributed by atoms with Gasteiger partial charge in [-0.25, -0.2) is 13.2 Å². The van der Waals surface area contributed by atoms with Crippen molar-refractivity contribution in [2.45, 2.75) is 5.03 Å². The number of nitro groups is 1. The van der Waals surface area contributed by atoms with Crippen molar-refractivity contribution in [3.63, 3.8) is 0 Å². The predicted molar refractivity (Wildman–Crippen MR) is 55.3 cm³/mol. The van der Waals surface area contributed by atoms with E-state index in [1.54, 1.807) is 0 Å². The molecule has 1 rings (SSSR count). The summed E-state index contributed by atoms with van der Waals surface area (Å²) in [6.45, 7) is 0. The molecule has 0 spiro atoms. The van der Waals surface area contributed by atoms with Crippen LogP contribution >= 0.6 is 10.7 Å². The molecule has 10 heteroatoms. The van der Waals surface area contributed by atoms with Gasteiger partial charge >= 0.3 is 20.8 Å². The summed E-state index contributed by atoms with van der Waals surface area (Å²) in [6, 6.07) is 1.58. The first-order valence-electron chi connectivity index (χ1n) is 3.95. The zero-order chi connectivity index (χ0) is 13.2. The number of carbonyl (C=O) groups excluding carboxylic acids is 1. The Morgan fingerprint density at radius 3 is 2.53 bits per heavy atom. The first kappa shape index (κ1) is 13.3. The van der Waals surface area contributed by atoms with Gasteiger partial charge < -0.3 is 14.9 Å². The van der Waals surface area contributed by atoms with Gasteiger partial charge in [0.25, 0.3) is 5.03 Å². The smallest absolute Gasteiger partial charge is 0.365 e. The number of hydrogen-bond donors (Lipinski definition) is 0. The number of methoxy groups -OCH3 is 1. The number of rotatable bonds is 3. The highest BCUT2D eigenvalue weighted by Gasteiger charge is 2.25. The molecule has 0 fully saturated rings. The summed E-state index contributed by atoms with van der Waals surface area (Å²) in [5.74, 6) is -1.75. The number of carbonyl (C=O) groups is 1. The van der Waals surface area contributed by atoms with Crippen LogP contribution in [0.15, 0.2) is 17.2 Å². The van der Waals surface area contributed by atoms with Crippen LogP contribution in [0.5, 0.6) is 0 Å². The highest BCUT2D eigenvalue weighted by atomic mass is 35.7. The fourth-order valence-corrected chi connectivity index (χ4v) is 1.65. The molecular formula is C7H5ClN2O6S. The lowest BCUT2D eigenvalue weighted by atomic mass is 10.2. The fraction of sp³-hybridized carbons (Fsp3) is 0.143. The van der Waals surface area contributed by atoms with Gasteiger partial charge in [-0.3, -0.25) is 0 Å². The molecule has 0 unspecified atom stereocenters. The van der Waals surface area contributed by atoms with E-state index >= 15 is 0 Å². The number of ether oxygens (including phenoxy) is 1. The van der Waals surface area contributed by atoms with Gasteiger partial charge in [-0.05, 0) is 9.91 Å². The van der Waals surface area contributed by atoms with E-state index in [1.165, 1.54) is 0 Å². The maximum atomic E-state index is 11.2. The summed E-state index contributed by atoms with van der Waals surface area (Å²) in [5, 5.41) is 9.71. The molecule has 0 aliphatic rings. The molecule has 0 aliphatic carbocycles. The Balaban J connectivity index is 3.50. The van der Waals surface area contributed by atoms with Crippen molar-refractivity contribution in [2.24, 2.45) is 0 Å². The van der Waals surface area contributed by atoms with E-state index < -0.39 is 30.8 Å². The number of hydrogen-bond acceptors (Lipinski definition) is 7. The molecular weight excluding hydrogens is 276 g/mol.